The lowest BCUT2D eigenvalue weighted by atomic mass is 10.1. The van der Waals surface area contributed by atoms with Crippen molar-refractivity contribution in [3.8, 4) is 12.3 Å². The van der Waals surface area contributed by atoms with Gasteiger partial charge in [0.1, 0.15) is 5.60 Å². The molecule has 1 atom stereocenters. The molecule has 17 heavy (non-hydrogen) atoms. The first-order valence-corrected chi connectivity index (χ1v) is 5.82. The Bertz CT molecular complexity index is 349. The number of amides is 1. The number of ketones is 1. The average molecular weight is 237 g/mol. The Hall–Kier alpha value is -1.50. The Kier molecular flexibility index (Phi) is 4.17. The standard InChI is InChI=1S/C13H19NO3/c1-5-11(15)9-10-7-6-8-14(10)12(16)17-13(2,3)4/h1,10H,6-9H2,2-4H3/t10-/m0/s1. The molecule has 0 aromatic rings. The van der Waals surface area contributed by atoms with E-state index in [0.29, 0.717) is 6.54 Å². The summed E-state index contributed by atoms with van der Waals surface area (Å²) in [5.74, 6) is 1.82. The van der Waals surface area contributed by atoms with Crippen LogP contribution in [0.1, 0.15) is 40.0 Å². The van der Waals surface area contributed by atoms with E-state index in [-0.39, 0.29) is 24.3 Å². The van der Waals surface area contributed by atoms with Gasteiger partial charge >= 0.3 is 6.09 Å². The van der Waals surface area contributed by atoms with E-state index < -0.39 is 5.60 Å². The Morgan fingerprint density at radius 3 is 2.65 bits per heavy atom. The van der Waals surface area contributed by atoms with Crippen molar-refractivity contribution in [3.63, 3.8) is 0 Å². The van der Waals surface area contributed by atoms with Crippen LogP contribution in [0.15, 0.2) is 0 Å². The van der Waals surface area contributed by atoms with Gasteiger partial charge in [-0.15, -0.1) is 6.42 Å². The fraction of sp³-hybridized carbons (Fsp3) is 0.692. The summed E-state index contributed by atoms with van der Waals surface area (Å²) in [5.41, 5.74) is -0.514. The van der Waals surface area contributed by atoms with Crippen LogP contribution in [0.2, 0.25) is 0 Å². The normalized spacial score (nSPS) is 19.9. The summed E-state index contributed by atoms with van der Waals surface area (Å²) < 4.78 is 5.29. The van der Waals surface area contributed by atoms with Crippen molar-refractivity contribution in [1.82, 2.24) is 4.90 Å². The van der Waals surface area contributed by atoms with Gasteiger partial charge in [-0.25, -0.2) is 4.79 Å². The number of terminal acetylenes is 1. The van der Waals surface area contributed by atoms with E-state index in [1.54, 1.807) is 4.90 Å². The summed E-state index contributed by atoms with van der Waals surface area (Å²) >= 11 is 0. The first-order chi connectivity index (χ1) is 7.83. The zero-order valence-corrected chi connectivity index (χ0v) is 10.7. The monoisotopic (exact) mass is 237 g/mol. The molecule has 1 aliphatic rings. The Morgan fingerprint density at radius 2 is 2.12 bits per heavy atom. The predicted octanol–water partition coefficient (Wildman–Crippen LogP) is 1.98. The first-order valence-electron chi connectivity index (χ1n) is 5.82. The summed E-state index contributed by atoms with van der Waals surface area (Å²) in [6.45, 7) is 6.10. The molecule has 1 saturated heterocycles. The summed E-state index contributed by atoms with van der Waals surface area (Å²) in [7, 11) is 0. The molecule has 0 aromatic carbocycles. The van der Waals surface area contributed by atoms with E-state index in [2.05, 4.69) is 5.92 Å². The van der Waals surface area contributed by atoms with Crippen LogP contribution in [0, 0.1) is 12.3 Å². The summed E-state index contributed by atoms with van der Waals surface area (Å²) in [4.78, 5) is 24.7. The minimum absolute atomic E-state index is 0.103. The highest BCUT2D eigenvalue weighted by atomic mass is 16.6. The van der Waals surface area contributed by atoms with Crippen LogP contribution in [0.4, 0.5) is 4.79 Å². The van der Waals surface area contributed by atoms with Crippen LogP contribution < -0.4 is 0 Å². The number of ether oxygens (including phenoxy) is 1. The molecule has 0 aliphatic carbocycles. The zero-order chi connectivity index (χ0) is 13.1. The number of carbonyl (C=O) groups excluding carboxylic acids is 2. The minimum atomic E-state index is -0.514. The molecule has 0 radical (unpaired) electrons. The fourth-order valence-corrected chi connectivity index (χ4v) is 1.88. The maximum Gasteiger partial charge on any atom is 0.410 e. The van der Waals surface area contributed by atoms with E-state index in [9.17, 15) is 9.59 Å². The predicted molar refractivity (Wildman–Crippen MR) is 64.4 cm³/mol. The largest absolute Gasteiger partial charge is 0.444 e. The van der Waals surface area contributed by atoms with Gasteiger partial charge in [0.2, 0.25) is 5.78 Å². The molecule has 0 bridgehead atoms. The molecule has 94 valence electrons. The molecule has 1 heterocycles. The van der Waals surface area contributed by atoms with Gasteiger partial charge in [-0.1, -0.05) is 0 Å². The van der Waals surface area contributed by atoms with Crippen molar-refractivity contribution in [2.75, 3.05) is 6.54 Å². The molecule has 1 rings (SSSR count). The molecule has 0 spiro atoms. The van der Waals surface area contributed by atoms with Gasteiger partial charge < -0.3 is 9.64 Å². The highest BCUT2D eigenvalue weighted by Crippen LogP contribution is 2.23. The SMILES string of the molecule is C#CC(=O)C[C@@H]1CCCN1C(=O)OC(C)(C)C. The second-order valence-corrected chi connectivity index (χ2v) is 5.24. The van der Waals surface area contributed by atoms with Crippen LogP contribution in [-0.2, 0) is 9.53 Å². The lowest BCUT2D eigenvalue weighted by Crippen LogP contribution is -2.40. The molecule has 1 fully saturated rings. The van der Waals surface area contributed by atoms with E-state index in [1.165, 1.54) is 0 Å². The van der Waals surface area contributed by atoms with Crippen molar-refractivity contribution in [2.24, 2.45) is 0 Å². The lowest BCUT2D eigenvalue weighted by Gasteiger charge is -2.28. The van der Waals surface area contributed by atoms with Gasteiger partial charge in [-0.2, -0.15) is 0 Å². The Labute approximate surface area is 102 Å². The number of rotatable bonds is 2. The third-order valence-electron chi connectivity index (χ3n) is 2.59. The zero-order valence-electron chi connectivity index (χ0n) is 10.7. The Balaban J connectivity index is 2.60. The second kappa shape index (κ2) is 5.22. The smallest absolute Gasteiger partial charge is 0.410 e. The highest BCUT2D eigenvalue weighted by molar-refractivity contribution is 5.95. The van der Waals surface area contributed by atoms with E-state index >= 15 is 0 Å². The second-order valence-electron chi connectivity index (χ2n) is 5.24. The third kappa shape index (κ3) is 4.10. The van der Waals surface area contributed by atoms with Crippen LogP contribution in [0.3, 0.4) is 0 Å². The van der Waals surface area contributed by atoms with E-state index in [4.69, 9.17) is 11.2 Å². The van der Waals surface area contributed by atoms with Gasteiger partial charge in [0.15, 0.2) is 0 Å². The number of carbonyl (C=O) groups is 2. The highest BCUT2D eigenvalue weighted by Gasteiger charge is 2.32. The maximum absolute atomic E-state index is 11.9. The molecule has 0 saturated carbocycles. The third-order valence-corrected chi connectivity index (χ3v) is 2.59. The number of likely N-dealkylation sites (tertiary alicyclic amines) is 1. The lowest BCUT2D eigenvalue weighted by molar-refractivity contribution is -0.114. The van der Waals surface area contributed by atoms with Crippen molar-refractivity contribution < 1.29 is 14.3 Å². The number of hydrogen-bond donors (Lipinski definition) is 0. The van der Waals surface area contributed by atoms with Gasteiger partial charge in [0, 0.05) is 19.0 Å². The van der Waals surface area contributed by atoms with Gasteiger partial charge in [0.25, 0.3) is 0 Å². The molecule has 0 aromatic heterocycles. The molecule has 4 nitrogen and oxygen atoms in total. The molecular weight excluding hydrogens is 218 g/mol. The molecule has 0 unspecified atom stereocenters. The van der Waals surface area contributed by atoms with Gasteiger partial charge in [-0.05, 0) is 39.5 Å². The quantitative estimate of drug-likeness (QED) is 0.545. The molecule has 1 aliphatic heterocycles. The van der Waals surface area contributed by atoms with Gasteiger partial charge in [0.05, 0.1) is 0 Å². The Morgan fingerprint density at radius 1 is 1.47 bits per heavy atom. The van der Waals surface area contributed by atoms with Gasteiger partial charge in [-0.3, -0.25) is 4.79 Å². The van der Waals surface area contributed by atoms with Crippen LogP contribution >= 0.6 is 0 Å². The van der Waals surface area contributed by atoms with Crippen molar-refractivity contribution in [1.29, 1.82) is 0 Å². The average Bonchev–Trinajstić information content (AvgIpc) is 2.63. The molecule has 0 N–H and O–H groups in total. The topological polar surface area (TPSA) is 46.6 Å². The fourth-order valence-electron chi connectivity index (χ4n) is 1.88. The van der Waals surface area contributed by atoms with Crippen molar-refractivity contribution in [3.05, 3.63) is 0 Å². The summed E-state index contributed by atoms with van der Waals surface area (Å²) in [6, 6.07) is -0.103. The maximum atomic E-state index is 11.9. The van der Waals surface area contributed by atoms with Crippen LogP contribution in [0.5, 0.6) is 0 Å². The number of Topliss-reactive ketones (excluding diaryl/α,β-unsaturated/α-hetero) is 1. The van der Waals surface area contributed by atoms with Crippen LogP contribution in [-0.4, -0.2) is 35.0 Å². The molecule has 4 heteroatoms. The van der Waals surface area contributed by atoms with Crippen molar-refractivity contribution >= 4 is 11.9 Å². The first kappa shape index (κ1) is 13.6. The van der Waals surface area contributed by atoms with E-state index in [0.717, 1.165) is 12.8 Å². The van der Waals surface area contributed by atoms with Crippen LogP contribution in [0.25, 0.3) is 0 Å². The minimum Gasteiger partial charge on any atom is -0.444 e. The summed E-state index contributed by atoms with van der Waals surface area (Å²) in [6.07, 6.45) is 6.62. The number of nitrogens with zero attached hydrogens (tertiary/aromatic N) is 1. The van der Waals surface area contributed by atoms with Crippen molar-refractivity contribution in [2.45, 2.75) is 51.7 Å². The molecule has 1 amide bonds. The number of hydrogen-bond acceptors (Lipinski definition) is 3. The summed E-state index contributed by atoms with van der Waals surface area (Å²) in [5, 5.41) is 0. The molecular formula is C13H19NO3. The van der Waals surface area contributed by atoms with E-state index in [1.807, 2.05) is 20.8 Å².